The molecular weight excluding hydrogens is 354 g/mol. The molecule has 0 spiro atoms. The predicted octanol–water partition coefficient (Wildman–Crippen LogP) is 3.68. The van der Waals surface area contributed by atoms with Gasteiger partial charge in [-0.25, -0.2) is 9.59 Å². The van der Waals surface area contributed by atoms with Crippen LogP contribution in [-0.4, -0.2) is 18.0 Å². The Hall–Kier alpha value is -3.94. The third kappa shape index (κ3) is 4.18. The lowest BCUT2D eigenvalue weighted by Crippen LogP contribution is -1.96. The van der Waals surface area contributed by atoms with Gasteiger partial charge in [0.25, 0.3) is 0 Å². The molecule has 0 saturated carbocycles. The summed E-state index contributed by atoms with van der Waals surface area (Å²) in [5, 5.41) is 12.1. The number of benzene rings is 2. The van der Waals surface area contributed by atoms with Crippen LogP contribution in [-0.2, 0) is 9.53 Å². The molecule has 0 aliphatic rings. The van der Waals surface area contributed by atoms with Gasteiger partial charge in [-0.1, -0.05) is 6.07 Å². The number of hydrogen-bond acceptors (Lipinski definition) is 7. The van der Waals surface area contributed by atoms with E-state index in [0.29, 0.717) is 16.5 Å². The van der Waals surface area contributed by atoms with Crippen LogP contribution in [0, 0.1) is 10.1 Å². The van der Waals surface area contributed by atoms with E-state index in [1.54, 1.807) is 24.3 Å². The Kier molecular flexibility index (Phi) is 4.98. The zero-order chi connectivity index (χ0) is 19.4. The fourth-order valence-corrected chi connectivity index (χ4v) is 2.33. The van der Waals surface area contributed by atoms with Crippen molar-refractivity contribution in [1.29, 1.82) is 0 Å². The van der Waals surface area contributed by atoms with Gasteiger partial charge in [-0.15, -0.1) is 0 Å². The summed E-state index contributed by atoms with van der Waals surface area (Å²) in [6.07, 6.45) is 2.55. The highest BCUT2D eigenvalue weighted by Gasteiger charge is 2.17. The maximum atomic E-state index is 11.4. The van der Waals surface area contributed by atoms with Crippen molar-refractivity contribution < 1.29 is 23.6 Å². The fraction of sp³-hybridized carbons (Fsp3) is 0.0526. The molecule has 27 heavy (non-hydrogen) atoms. The van der Waals surface area contributed by atoms with Crippen LogP contribution in [0.25, 0.3) is 17.0 Å². The molecule has 0 unspecified atom stereocenters. The largest absolute Gasteiger partial charge is 0.466 e. The number of nitro groups is 1. The predicted molar refractivity (Wildman–Crippen MR) is 96.7 cm³/mol. The monoisotopic (exact) mass is 367 g/mol. The van der Waals surface area contributed by atoms with Crippen molar-refractivity contribution in [2.75, 3.05) is 7.11 Å². The Morgan fingerprint density at radius 3 is 2.67 bits per heavy atom. The summed E-state index contributed by atoms with van der Waals surface area (Å²) in [5.41, 5.74) is -0.0479. The lowest BCUT2D eigenvalue weighted by molar-refractivity contribution is -0.385. The minimum atomic E-state index is -0.591. The fourth-order valence-electron chi connectivity index (χ4n) is 2.33. The molecule has 0 N–H and O–H groups in total. The summed E-state index contributed by atoms with van der Waals surface area (Å²) in [7, 11) is 1.23. The number of rotatable bonds is 5. The zero-order valence-electron chi connectivity index (χ0n) is 14.1. The average Bonchev–Trinajstić information content (AvgIpc) is 2.66. The SMILES string of the molecule is COC(=O)/C=C/c1ccc(Oc2ccc3ccc(=O)oc3c2)c([N+](=O)[O-])c1. The highest BCUT2D eigenvalue weighted by Crippen LogP contribution is 2.33. The van der Waals surface area contributed by atoms with Crippen LogP contribution in [0.5, 0.6) is 11.5 Å². The van der Waals surface area contributed by atoms with Crippen LogP contribution in [0.1, 0.15) is 5.56 Å². The zero-order valence-corrected chi connectivity index (χ0v) is 14.1. The number of fused-ring (bicyclic) bond motifs is 1. The van der Waals surface area contributed by atoms with E-state index in [1.807, 2.05) is 0 Å². The van der Waals surface area contributed by atoms with E-state index in [0.717, 1.165) is 6.08 Å². The van der Waals surface area contributed by atoms with E-state index in [4.69, 9.17) is 9.15 Å². The van der Waals surface area contributed by atoms with Gasteiger partial charge in [0.2, 0.25) is 5.75 Å². The smallest absolute Gasteiger partial charge is 0.336 e. The molecule has 0 radical (unpaired) electrons. The Labute approximate surface area is 152 Å². The van der Waals surface area contributed by atoms with E-state index in [2.05, 4.69) is 4.74 Å². The molecule has 1 heterocycles. The Morgan fingerprint density at radius 2 is 1.93 bits per heavy atom. The van der Waals surface area contributed by atoms with Gasteiger partial charge in [-0.3, -0.25) is 10.1 Å². The van der Waals surface area contributed by atoms with E-state index in [9.17, 15) is 19.7 Å². The molecule has 0 aliphatic heterocycles. The number of carbonyl (C=O) groups excluding carboxylic acids is 1. The van der Waals surface area contributed by atoms with E-state index in [-0.39, 0.29) is 17.2 Å². The van der Waals surface area contributed by atoms with Crippen LogP contribution in [0.4, 0.5) is 5.69 Å². The maximum absolute atomic E-state index is 11.4. The van der Waals surface area contributed by atoms with Crippen LogP contribution in [0.3, 0.4) is 0 Å². The number of ether oxygens (including phenoxy) is 2. The third-order valence-electron chi connectivity index (χ3n) is 3.62. The highest BCUT2D eigenvalue weighted by molar-refractivity contribution is 5.87. The lowest BCUT2D eigenvalue weighted by Gasteiger charge is -2.07. The van der Waals surface area contributed by atoms with Gasteiger partial charge in [0.1, 0.15) is 11.3 Å². The van der Waals surface area contributed by atoms with E-state index < -0.39 is 16.5 Å². The first-order valence-electron chi connectivity index (χ1n) is 7.72. The molecule has 8 nitrogen and oxygen atoms in total. The van der Waals surface area contributed by atoms with Gasteiger partial charge in [0, 0.05) is 29.7 Å². The van der Waals surface area contributed by atoms with Crippen LogP contribution >= 0.6 is 0 Å². The molecule has 3 aromatic rings. The molecule has 8 heteroatoms. The average molecular weight is 367 g/mol. The minimum Gasteiger partial charge on any atom is -0.466 e. The van der Waals surface area contributed by atoms with Crippen LogP contribution < -0.4 is 10.4 Å². The number of carbonyl (C=O) groups is 1. The normalized spacial score (nSPS) is 10.9. The van der Waals surface area contributed by atoms with Crippen molar-refractivity contribution >= 4 is 28.7 Å². The quantitative estimate of drug-likeness (QED) is 0.222. The second-order valence-corrected chi connectivity index (χ2v) is 5.40. The van der Waals surface area contributed by atoms with E-state index >= 15 is 0 Å². The second-order valence-electron chi connectivity index (χ2n) is 5.40. The summed E-state index contributed by atoms with van der Waals surface area (Å²) in [4.78, 5) is 33.2. The van der Waals surface area contributed by atoms with E-state index in [1.165, 1.54) is 37.5 Å². The second kappa shape index (κ2) is 7.52. The Bertz CT molecular complexity index is 1110. The lowest BCUT2D eigenvalue weighted by atomic mass is 10.1. The first kappa shape index (κ1) is 17.9. The molecule has 1 aromatic heterocycles. The first-order chi connectivity index (χ1) is 13.0. The molecule has 0 aliphatic carbocycles. The molecule has 2 aromatic carbocycles. The third-order valence-corrected chi connectivity index (χ3v) is 3.62. The summed E-state index contributed by atoms with van der Waals surface area (Å²) >= 11 is 0. The van der Waals surface area contributed by atoms with Gasteiger partial charge >= 0.3 is 17.3 Å². The molecule has 3 rings (SSSR count). The van der Waals surface area contributed by atoms with Gasteiger partial charge in [0.05, 0.1) is 12.0 Å². The van der Waals surface area contributed by atoms with Crippen molar-refractivity contribution in [3.05, 3.63) is 80.7 Å². The molecule has 0 amide bonds. The standard InChI is InChI=1S/C19H13NO7/c1-25-18(21)8-3-12-2-7-16(15(10-12)20(23)24)26-14-6-4-13-5-9-19(22)27-17(13)11-14/h2-11H,1H3/b8-3+. The molecule has 0 saturated heterocycles. The van der Waals surface area contributed by atoms with Crippen molar-refractivity contribution in [2.45, 2.75) is 0 Å². The van der Waals surface area contributed by atoms with Gasteiger partial charge in [-0.05, 0) is 35.9 Å². The summed E-state index contributed by atoms with van der Waals surface area (Å²) in [5.74, 6) is -0.290. The van der Waals surface area contributed by atoms with Crippen molar-refractivity contribution in [3.8, 4) is 11.5 Å². The van der Waals surface area contributed by atoms with Crippen molar-refractivity contribution in [1.82, 2.24) is 0 Å². The maximum Gasteiger partial charge on any atom is 0.336 e. The molecular formula is C19H13NO7. The number of nitro benzene ring substituents is 1. The van der Waals surface area contributed by atoms with Crippen molar-refractivity contribution in [2.24, 2.45) is 0 Å². The van der Waals surface area contributed by atoms with Gasteiger partial charge < -0.3 is 13.9 Å². The Balaban J connectivity index is 1.94. The highest BCUT2D eigenvalue weighted by atomic mass is 16.6. The summed E-state index contributed by atoms with van der Waals surface area (Å²) in [6, 6.07) is 11.9. The van der Waals surface area contributed by atoms with Gasteiger partial charge in [-0.2, -0.15) is 0 Å². The summed E-state index contributed by atoms with van der Waals surface area (Å²) in [6.45, 7) is 0. The van der Waals surface area contributed by atoms with Crippen LogP contribution in [0.2, 0.25) is 0 Å². The topological polar surface area (TPSA) is 109 Å². The number of methoxy groups -OCH3 is 1. The first-order valence-corrected chi connectivity index (χ1v) is 7.72. The number of hydrogen-bond donors (Lipinski definition) is 0. The minimum absolute atomic E-state index is 0.00726. The summed E-state index contributed by atoms with van der Waals surface area (Å²) < 4.78 is 15.2. The number of nitrogens with zero attached hydrogens (tertiary/aromatic N) is 1. The molecule has 0 fully saturated rings. The van der Waals surface area contributed by atoms with Crippen LogP contribution in [0.15, 0.2) is 63.8 Å². The molecule has 136 valence electrons. The number of esters is 1. The van der Waals surface area contributed by atoms with Gasteiger partial charge in [0.15, 0.2) is 0 Å². The van der Waals surface area contributed by atoms with Crippen molar-refractivity contribution in [3.63, 3.8) is 0 Å². The molecule has 0 atom stereocenters. The Morgan fingerprint density at radius 1 is 1.15 bits per heavy atom. The molecule has 0 bridgehead atoms.